The second-order valence-electron chi connectivity index (χ2n) is 10.1. The molecule has 0 amide bonds. The van der Waals surface area contributed by atoms with E-state index < -0.39 is 28.6 Å². The van der Waals surface area contributed by atoms with Crippen LogP contribution in [0, 0.1) is 0 Å². The van der Waals surface area contributed by atoms with Crippen molar-refractivity contribution in [3.05, 3.63) is 182 Å². The Balaban J connectivity index is 1.54. The molecule has 0 aliphatic carbocycles. The summed E-state index contributed by atoms with van der Waals surface area (Å²) in [6.45, 7) is -3.47. The van der Waals surface area contributed by atoms with Crippen LogP contribution < -0.4 is 31.8 Å². The molecule has 0 saturated carbocycles. The van der Waals surface area contributed by atoms with Gasteiger partial charge in [0.25, 0.3) is 0 Å². The van der Waals surface area contributed by atoms with Gasteiger partial charge in [0, 0.05) is 0 Å². The molecule has 0 aliphatic rings. The van der Waals surface area contributed by atoms with Crippen LogP contribution in [0.1, 0.15) is 0 Å². The summed E-state index contributed by atoms with van der Waals surface area (Å²) in [6.07, 6.45) is 0. The zero-order chi connectivity index (χ0) is 28.7. The fourth-order valence-electron chi connectivity index (χ4n) is 5.63. The van der Waals surface area contributed by atoms with Gasteiger partial charge in [0.15, 0.2) is 0 Å². The third-order valence-electron chi connectivity index (χ3n) is 7.62. The first-order chi connectivity index (χ1) is 20.7. The molecule has 0 nitrogen and oxygen atoms in total. The van der Waals surface area contributed by atoms with E-state index in [0.717, 1.165) is 0 Å². The number of hydrogen-bond acceptors (Lipinski definition) is 0. The molecule has 0 aliphatic heterocycles. The molecule has 0 heterocycles. The van der Waals surface area contributed by atoms with Crippen molar-refractivity contribution in [2.24, 2.45) is 0 Å². The molecule has 6 aromatic carbocycles. The van der Waals surface area contributed by atoms with E-state index in [1.54, 1.807) is 0 Å². The number of halogens is 1. The van der Waals surface area contributed by atoms with Crippen molar-refractivity contribution in [2.45, 2.75) is 0 Å². The van der Waals surface area contributed by atoms with Crippen LogP contribution in [0.5, 0.6) is 0 Å². The first-order valence-electron chi connectivity index (χ1n) is 13.9. The molecule has 0 radical (unpaired) electrons. The molecule has 2 unspecified atom stereocenters. The predicted molar refractivity (Wildman–Crippen MR) is 196 cm³/mol. The van der Waals surface area contributed by atoms with Crippen LogP contribution in [0.3, 0.4) is 0 Å². The zero-order valence-electron chi connectivity index (χ0n) is 23.0. The minimum atomic E-state index is -2.41. The van der Waals surface area contributed by atoms with Crippen LogP contribution in [-0.4, -0.2) is 0 Å². The van der Waals surface area contributed by atoms with Crippen LogP contribution in [0.4, 0.5) is 0 Å². The van der Waals surface area contributed by atoms with E-state index in [2.05, 4.69) is 182 Å². The Labute approximate surface area is 263 Å². The Morgan fingerprint density at radius 3 is 0.643 bits per heavy atom. The van der Waals surface area contributed by atoms with Crippen molar-refractivity contribution in [3.8, 4) is 0 Å². The Morgan fingerprint density at radius 2 is 0.476 bits per heavy atom. The number of rotatable bonds is 10. The Bertz CT molecular complexity index is 1350. The van der Waals surface area contributed by atoms with Crippen molar-refractivity contribution in [3.63, 3.8) is 0 Å². The van der Waals surface area contributed by atoms with Gasteiger partial charge in [0.1, 0.15) is 0 Å². The van der Waals surface area contributed by atoms with Gasteiger partial charge >= 0.3 is 265 Å². The van der Waals surface area contributed by atoms with Gasteiger partial charge in [0.2, 0.25) is 0 Å². The van der Waals surface area contributed by atoms with Crippen molar-refractivity contribution >= 4 is 68.2 Å². The molecule has 0 fully saturated rings. The van der Waals surface area contributed by atoms with Crippen LogP contribution >= 0.6 is 36.3 Å². The zero-order valence-corrected chi connectivity index (χ0v) is 29.3. The van der Waals surface area contributed by atoms with Gasteiger partial charge in [-0.25, -0.2) is 0 Å². The molecule has 0 aromatic heterocycles. The van der Waals surface area contributed by atoms with E-state index in [0.29, 0.717) is 12.9 Å². The van der Waals surface area contributed by atoms with Crippen LogP contribution in [0.2, 0.25) is 0 Å². The molecular weight excluding hydrogens is 698 g/mol. The summed E-state index contributed by atoms with van der Waals surface area (Å²) < 4.78 is 0. The molecule has 0 spiro atoms. The molecule has 42 heavy (non-hydrogen) atoms. The summed E-state index contributed by atoms with van der Waals surface area (Å²) in [4.78, 5) is 0. The summed E-state index contributed by atoms with van der Waals surface area (Å²) in [5.41, 5.74) is 0. The molecule has 6 aromatic rings. The van der Waals surface area contributed by atoms with E-state index in [1.165, 1.54) is 31.8 Å². The van der Waals surface area contributed by atoms with Crippen LogP contribution in [0.15, 0.2) is 182 Å². The molecule has 6 rings (SSSR count). The molecule has 0 bridgehead atoms. The monoisotopic (exact) mass is 731 g/mol. The Kier molecular flexibility index (Phi) is 10.1. The third kappa shape index (κ3) is 6.14. The minimum absolute atomic E-state index is 0.676. The van der Waals surface area contributed by atoms with Gasteiger partial charge in [0.05, 0.1) is 0 Å². The molecule has 0 saturated heterocycles. The standard InChI is InChI=1S/2C18H17P2.ClH.Pd/c2*19-20(16-10-4-1-5-11-16,17-12-6-2-7-13-17)18-14-8-3-9-15-18;;/h2*1-15,19-20H;1H;/q2*-1;;+3/p-1. The molecule has 0 N–H and O–H groups in total. The van der Waals surface area contributed by atoms with Crippen molar-refractivity contribution in [2.75, 3.05) is 0 Å². The summed E-state index contributed by atoms with van der Waals surface area (Å²) in [5, 5.41) is 8.69. The fraction of sp³-hybridized carbons (Fsp3) is 0. The SMILES string of the molecule is [Cl][Pd]([PH][PH](c1ccccc1)(c1ccccc1)c1ccccc1)[PH][PH](c1ccccc1)(c1ccccc1)c1ccccc1. The molecule has 2 atom stereocenters. The summed E-state index contributed by atoms with van der Waals surface area (Å²) in [6, 6.07) is 67.5. The average Bonchev–Trinajstić information content (AvgIpc) is 3.08. The van der Waals surface area contributed by atoms with E-state index in [9.17, 15) is 0 Å². The van der Waals surface area contributed by atoms with Gasteiger partial charge in [-0.15, -0.1) is 0 Å². The number of hydrogen-bond donors (Lipinski definition) is 0. The second kappa shape index (κ2) is 14.2. The average molecular weight is 732 g/mol. The fourth-order valence-corrected chi connectivity index (χ4v) is 71.6. The van der Waals surface area contributed by atoms with Gasteiger partial charge in [-0.1, -0.05) is 0 Å². The van der Waals surface area contributed by atoms with Crippen LogP contribution in [-0.2, 0) is 14.7 Å². The van der Waals surface area contributed by atoms with E-state index in [1.807, 2.05) is 0 Å². The van der Waals surface area contributed by atoms with Gasteiger partial charge in [-0.05, 0) is 0 Å². The first-order valence-corrected chi connectivity index (χ1v) is 28.2. The van der Waals surface area contributed by atoms with Crippen molar-refractivity contribution < 1.29 is 14.7 Å². The molecular formula is C36H34ClP4Pd. The summed E-state index contributed by atoms with van der Waals surface area (Å²) in [7, 11) is 7.96. The predicted octanol–water partition coefficient (Wildman–Crippen LogP) is 8.23. The first kappa shape index (κ1) is 30.0. The van der Waals surface area contributed by atoms with Gasteiger partial charge in [-0.2, -0.15) is 0 Å². The van der Waals surface area contributed by atoms with E-state index >= 15 is 0 Å². The van der Waals surface area contributed by atoms with Crippen molar-refractivity contribution in [1.29, 1.82) is 0 Å². The number of benzene rings is 6. The maximum atomic E-state index is 7.96. The summed E-state index contributed by atoms with van der Waals surface area (Å²) in [5.74, 6) is 0. The van der Waals surface area contributed by atoms with Gasteiger partial charge in [-0.3, -0.25) is 0 Å². The molecule has 215 valence electrons. The quantitative estimate of drug-likeness (QED) is 0.0985. The van der Waals surface area contributed by atoms with E-state index in [4.69, 9.17) is 9.53 Å². The van der Waals surface area contributed by atoms with Crippen LogP contribution in [0.25, 0.3) is 0 Å². The molecule has 6 heteroatoms. The Morgan fingerprint density at radius 1 is 0.310 bits per heavy atom. The Hall–Kier alpha value is -2.01. The summed E-state index contributed by atoms with van der Waals surface area (Å²) >= 11 is -1.53. The third-order valence-corrected chi connectivity index (χ3v) is 54.4. The topological polar surface area (TPSA) is 0 Å². The van der Waals surface area contributed by atoms with Crippen molar-refractivity contribution in [1.82, 2.24) is 0 Å². The van der Waals surface area contributed by atoms with Gasteiger partial charge < -0.3 is 0 Å². The normalized spacial score (nSPS) is 13.4. The second-order valence-corrected chi connectivity index (χ2v) is 39.7. The maximum absolute atomic E-state index is 7.96. The van der Waals surface area contributed by atoms with E-state index in [-0.39, 0.29) is 0 Å².